The van der Waals surface area contributed by atoms with Crippen molar-refractivity contribution in [3.8, 4) is 0 Å². The molecule has 1 aliphatic rings. The van der Waals surface area contributed by atoms with Crippen molar-refractivity contribution in [2.24, 2.45) is 0 Å². The number of carbonyl (C=O) groups is 1. The molecule has 1 aliphatic heterocycles. The van der Waals surface area contributed by atoms with Gasteiger partial charge in [0.2, 0.25) is 0 Å². The van der Waals surface area contributed by atoms with Crippen molar-refractivity contribution in [2.45, 2.75) is 25.4 Å². The first-order valence-corrected chi connectivity index (χ1v) is 6.20. The van der Waals surface area contributed by atoms with Gasteiger partial charge >= 0.3 is 0 Å². The third-order valence-corrected chi connectivity index (χ3v) is 3.22. The van der Waals surface area contributed by atoms with Gasteiger partial charge in [0, 0.05) is 18.7 Å². The number of nitrogen functional groups attached to an aromatic ring is 1. The minimum absolute atomic E-state index is 0.175. The molecule has 1 aromatic rings. The molecule has 0 radical (unpaired) electrons. The number of nitrogens with two attached hydrogens (primary N) is 1. The van der Waals surface area contributed by atoms with Gasteiger partial charge in [-0.2, -0.15) is 0 Å². The van der Waals surface area contributed by atoms with E-state index >= 15 is 0 Å². The number of hydrogen-bond acceptors (Lipinski definition) is 4. The molecule has 1 atom stereocenters. The standard InChI is InChI=1S/C12H16ClN3O2/c1-12(18)3-2-4-16(7-12)11(17)8-5-9(13)15-10(14)6-8/h5-6,18H,2-4,7H2,1H3,(H2,14,15). The second-order valence-electron chi connectivity index (χ2n) is 4.93. The number of β-amino-alcohol motifs (C(OH)–C–C–N with tert-alkyl or cyclic N) is 1. The van der Waals surface area contributed by atoms with Gasteiger partial charge in [-0.1, -0.05) is 11.6 Å². The molecule has 0 aromatic carbocycles. The maximum Gasteiger partial charge on any atom is 0.254 e. The smallest absolute Gasteiger partial charge is 0.254 e. The molecule has 0 aliphatic carbocycles. The van der Waals surface area contributed by atoms with Crippen LogP contribution in [0.5, 0.6) is 0 Å². The first kappa shape index (κ1) is 13.1. The Labute approximate surface area is 111 Å². The van der Waals surface area contributed by atoms with Gasteiger partial charge < -0.3 is 15.7 Å². The fraction of sp³-hybridized carbons (Fsp3) is 0.500. The number of aromatic nitrogens is 1. The zero-order valence-corrected chi connectivity index (χ0v) is 10.9. The lowest BCUT2D eigenvalue weighted by molar-refractivity contribution is -0.0107. The van der Waals surface area contributed by atoms with Crippen LogP contribution in [0.15, 0.2) is 12.1 Å². The molecule has 98 valence electrons. The van der Waals surface area contributed by atoms with Crippen molar-refractivity contribution in [1.82, 2.24) is 9.88 Å². The van der Waals surface area contributed by atoms with Gasteiger partial charge in [-0.25, -0.2) is 4.98 Å². The highest BCUT2D eigenvalue weighted by Gasteiger charge is 2.31. The van der Waals surface area contributed by atoms with Crippen LogP contribution in [0.1, 0.15) is 30.1 Å². The van der Waals surface area contributed by atoms with Gasteiger partial charge in [-0.05, 0) is 31.9 Å². The Bertz CT molecular complexity index is 456. The average Bonchev–Trinajstić information content (AvgIpc) is 2.25. The largest absolute Gasteiger partial charge is 0.388 e. The molecule has 18 heavy (non-hydrogen) atoms. The Balaban J connectivity index is 2.20. The molecule has 1 saturated heterocycles. The number of rotatable bonds is 1. The van der Waals surface area contributed by atoms with Crippen molar-refractivity contribution in [3.05, 3.63) is 22.8 Å². The summed E-state index contributed by atoms with van der Waals surface area (Å²) in [4.78, 5) is 17.7. The maximum absolute atomic E-state index is 12.3. The van der Waals surface area contributed by atoms with Crippen LogP contribution in [0.2, 0.25) is 5.15 Å². The summed E-state index contributed by atoms with van der Waals surface area (Å²) in [5.41, 5.74) is 5.15. The maximum atomic E-state index is 12.3. The van der Waals surface area contributed by atoms with Crippen LogP contribution in [0.3, 0.4) is 0 Å². The number of halogens is 1. The van der Waals surface area contributed by atoms with Crippen LogP contribution >= 0.6 is 11.6 Å². The first-order valence-electron chi connectivity index (χ1n) is 5.82. The number of nitrogens with zero attached hydrogens (tertiary/aromatic N) is 2. The third-order valence-electron chi connectivity index (χ3n) is 3.02. The van der Waals surface area contributed by atoms with Gasteiger partial charge in [0.25, 0.3) is 5.91 Å². The Hall–Kier alpha value is -1.33. The highest BCUT2D eigenvalue weighted by molar-refractivity contribution is 6.29. The van der Waals surface area contributed by atoms with Crippen LogP contribution < -0.4 is 5.73 Å². The van der Waals surface area contributed by atoms with E-state index in [4.69, 9.17) is 17.3 Å². The van der Waals surface area contributed by atoms with Crippen molar-refractivity contribution in [2.75, 3.05) is 18.8 Å². The number of likely N-dealkylation sites (tertiary alicyclic amines) is 1. The van der Waals surface area contributed by atoms with Crippen LogP contribution in [0.25, 0.3) is 0 Å². The molecule has 0 saturated carbocycles. The summed E-state index contributed by atoms with van der Waals surface area (Å²) in [6.07, 6.45) is 1.49. The number of amides is 1. The molecule has 3 N–H and O–H groups in total. The van der Waals surface area contributed by atoms with Gasteiger partial charge in [-0.3, -0.25) is 4.79 Å². The summed E-state index contributed by atoms with van der Waals surface area (Å²) >= 11 is 5.78. The molecule has 1 unspecified atom stereocenters. The normalized spacial score (nSPS) is 24.1. The highest BCUT2D eigenvalue weighted by atomic mass is 35.5. The summed E-state index contributed by atoms with van der Waals surface area (Å²) in [5, 5.41) is 10.2. The van der Waals surface area contributed by atoms with Crippen molar-refractivity contribution < 1.29 is 9.90 Å². The van der Waals surface area contributed by atoms with E-state index in [0.717, 1.165) is 6.42 Å². The van der Waals surface area contributed by atoms with Gasteiger partial charge in [0.15, 0.2) is 0 Å². The summed E-state index contributed by atoms with van der Waals surface area (Å²) in [7, 11) is 0. The molecule has 6 heteroatoms. The van der Waals surface area contributed by atoms with E-state index in [2.05, 4.69) is 4.98 Å². The minimum atomic E-state index is -0.823. The SMILES string of the molecule is CC1(O)CCCN(C(=O)c2cc(N)nc(Cl)c2)C1. The van der Waals surface area contributed by atoms with Crippen LogP contribution in [-0.2, 0) is 0 Å². The summed E-state index contributed by atoms with van der Waals surface area (Å²) in [6.45, 7) is 2.70. The van der Waals surface area contributed by atoms with E-state index in [1.807, 2.05) is 0 Å². The molecular formula is C12H16ClN3O2. The second-order valence-corrected chi connectivity index (χ2v) is 5.32. The van der Waals surface area contributed by atoms with Gasteiger partial charge in [0.05, 0.1) is 5.60 Å². The first-order chi connectivity index (χ1) is 8.37. The fourth-order valence-corrected chi connectivity index (χ4v) is 2.43. The molecule has 1 aromatic heterocycles. The number of carbonyl (C=O) groups excluding carboxylic acids is 1. The molecule has 0 spiro atoms. The number of anilines is 1. The quantitative estimate of drug-likeness (QED) is 0.753. The van der Waals surface area contributed by atoms with E-state index in [-0.39, 0.29) is 16.9 Å². The lowest BCUT2D eigenvalue weighted by Crippen LogP contribution is -2.48. The van der Waals surface area contributed by atoms with E-state index < -0.39 is 5.60 Å². The lowest BCUT2D eigenvalue weighted by Gasteiger charge is -2.36. The van der Waals surface area contributed by atoms with Crippen molar-refractivity contribution >= 4 is 23.3 Å². The molecule has 2 rings (SSSR count). The third kappa shape index (κ3) is 2.91. The number of hydrogen-bond donors (Lipinski definition) is 2. The molecule has 0 bridgehead atoms. The number of aliphatic hydroxyl groups is 1. The van der Waals surface area contributed by atoms with E-state index in [0.29, 0.717) is 25.1 Å². The number of piperidine rings is 1. The highest BCUT2D eigenvalue weighted by Crippen LogP contribution is 2.22. The summed E-state index contributed by atoms with van der Waals surface area (Å²) < 4.78 is 0. The Morgan fingerprint density at radius 1 is 1.61 bits per heavy atom. The van der Waals surface area contributed by atoms with Crippen LogP contribution in [0.4, 0.5) is 5.82 Å². The molecule has 1 fully saturated rings. The van der Waals surface area contributed by atoms with Gasteiger partial charge in [-0.15, -0.1) is 0 Å². The second kappa shape index (κ2) is 4.74. The Morgan fingerprint density at radius 2 is 2.33 bits per heavy atom. The minimum Gasteiger partial charge on any atom is -0.388 e. The van der Waals surface area contributed by atoms with E-state index in [1.54, 1.807) is 11.8 Å². The number of pyridine rings is 1. The molecule has 1 amide bonds. The fourth-order valence-electron chi connectivity index (χ4n) is 2.22. The van der Waals surface area contributed by atoms with Crippen molar-refractivity contribution in [3.63, 3.8) is 0 Å². The average molecular weight is 270 g/mol. The molecular weight excluding hydrogens is 254 g/mol. The Kier molecular flexibility index (Phi) is 3.45. The lowest BCUT2D eigenvalue weighted by atomic mass is 9.95. The van der Waals surface area contributed by atoms with E-state index in [1.165, 1.54) is 12.1 Å². The topological polar surface area (TPSA) is 79.5 Å². The zero-order valence-electron chi connectivity index (χ0n) is 10.2. The summed E-state index contributed by atoms with van der Waals surface area (Å²) in [5.74, 6) is 0.0422. The Morgan fingerprint density at radius 3 is 2.94 bits per heavy atom. The molecule has 5 nitrogen and oxygen atoms in total. The van der Waals surface area contributed by atoms with Gasteiger partial charge in [0.1, 0.15) is 11.0 Å². The predicted octanol–water partition coefficient (Wildman–Crippen LogP) is 1.30. The van der Waals surface area contributed by atoms with E-state index in [9.17, 15) is 9.90 Å². The summed E-state index contributed by atoms with van der Waals surface area (Å²) in [6, 6.07) is 2.99. The monoisotopic (exact) mass is 269 g/mol. The van der Waals surface area contributed by atoms with Crippen LogP contribution in [-0.4, -0.2) is 39.6 Å². The zero-order chi connectivity index (χ0) is 13.3. The van der Waals surface area contributed by atoms with Crippen LogP contribution in [0, 0.1) is 0 Å². The molecule has 2 heterocycles. The predicted molar refractivity (Wildman–Crippen MR) is 69.4 cm³/mol. The van der Waals surface area contributed by atoms with Crippen molar-refractivity contribution in [1.29, 1.82) is 0 Å².